The van der Waals surface area contributed by atoms with Crippen molar-refractivity contribution in [1.82, 2.24) is 4.98 Å². The summed E-state index contributed by atoms with van der Waals surface area (Å²) in [5.74, 6) is 0. The zero-order valence-corrected chi connectivity index (χ0v) is 14.8. The van der Waals surface area contributed by atoms with Gasteiger partial charge in [-0.25, -0.2) is 4.98 Å². The first kappa shape index (κ1) is 17.3. The smallest absolute Gasteiger partial charge is 0.258 e. The minimum Gasteiger partial charge on any atom is -0.258 e. The van der Waals surface area contributed by atoms with Crippen molar-refractivity contribution in [3.8, 4) is 11.3 Å². The normalized spacial score (nSPS) is 11.0. The molecule has 0 aliphatic heterocycles. The predicted molar refractivity (Wildman–Crippen MR) is 102 cm³/mol. The van der Waals surface area contributed by atoms with Crippen molar-refractivity contribution in [2.75, 3.05) is 5.43 Å². The van der Waals surface area contributed by atoms with E-state index in [1.54, 1.807) is 0 Å². The molecule has 0 atom stereocenters. The highest BCUT2D eigenvalue weighted by atomic mass is 35.5. The second-order valence-corrected chi connectivity index (χ2v) is 6.53. The van der Waals surface area contributed by atoms with Gasteiger partial charge in [0, 0.05) is 28.6 Å². The van der Waals surface area contributed by atoms with Gasteiger partial charge < -0.3 is 0 Å². The summed E-state index contributed by atoms with van der Waals surface area (Å²) < 4.78 is 0. The number of anilines is 1. The van der Waals surface area contributed by atoms with Gasteiger partial charge in [0.15, 0.2) is 0 Å². The molecule has 126 valence electrons. The van der Waals surface area contributed by atoms with E-state index in [0.717, 1.165) is 11.3 Å². The lowest BCUT2D eigenvalue weighted by atomic mass is 10.2. The number of hydrogen-bond acceptors (Lipinski definition) is 6. The van der Waals surface area contributed by atoms with Crippen LogP contribution < -0.4 is 5.43 Å². The van der Waals surface area contributed by atoms with Crippen molar-refractivity contribution >= 4 is 51.6 Å². The second kappa shape index (κ2) is 7.60. The van der Waals surface area contributed by atoms with Crippen LogP contribution in [0.25, 0.3) is 11.3 Å². The Bertz CT molecular complexity index is 921. The molecule has 3 rings (SSSR count). The third-order valence-corrected chi connectivity index (χ3v) is 4.57. The van der Waals surface area contributed by atoms with Crippen LogP contribution in [0.3, 0.4) is 0 Å². The fourth-order valence-electron chi connectivity index (χ4n) is 2.02. The number of benzene rings is 2. The lowest BCUT2D eigenvalue weighted by molar-refractivity contribution is -0.384. The molecule has 2 aromatic carbocycles. The molecule has 0 bridgehead atoms. The van der Waals surface area contributed by atoms with Gasteiger partial charge in [-0.2, -0.15) is 5.10 Å². The van der Waals surface area contributed by atoms with E-state index in [1.807, 2.05) is 35.7 Å². The van der Waals surface area contributed by atoms with Crippen LogP contribution in [0.4, 0.5) is 10.8 Å². The zero-order valence-electron chi connectivity index (χ0n) is 12.5. The minimum absolute atomic E-state index is 0.147. The van der Waals surface area contributed by atoms with Crippen molar-refractivity contribution in [2.45, 2.75) is 0 Å². The van der Waals surface area contributed by atoms with Gasteiger partial charge >= 0.3 is 0 Å². The van der Waals surface area contributed by atoms with Gasteiger partial charge in [0.2, 0.25) is 5.13 Å². The van der Waals surface area contributed by atoms with Crippen LogP contribution in [0, 0.1) is 10.1 Å². The molecule has 1 N–H and O–H groups in total. The summed E-state index contributed by atoms with van der Waals surface area (Å²) in [6.07, 6.45) is 1.40. The highest BCUT2D eigenvalue weighted by molar-refractivity contribution is 7.14. The topological polar surface area (TPSA) is 80.4 Å². The highest BCUT2D eigenvalue weighted by Crippen LogP contribution is 2.29. The molecule has 0 saturated heterocycles. The molecule has 3 aromatic rings. The Hall–Kier alpha value is -2.48. The van der Waals surface area contributed by atoms with Gasteiger partial charge in [-0.15, -0.1) is 11.3 Å². The minimum atomic E-state index is -0.558. The average Bonchev–Trinajstić information content (AvgIpc) is 3.07. The van der Waals surface area contributed by atoms with Gasteiger partial charge in [0.1, 0.15) is 0 Å². The molecule has 9 heteroatoms. The zero-order chi connectivity index (χ0) is 17.8. The molecule has 0 radical (unpaired) electrons. The van der Waals surface area contributed by atoms with Gasteiger partial charge in [0.25, 0.3) is 5.69 Å². The van der Waals surface area contributed by atoms with Crippen molar-refractivity contribution in [3.63, 3.8) is 0 Å². The molecule has 1 aromatic heterocycles. The number of non-ortho nitro benzene ring substituents is 1. The Morgan fingerprint density at radius 2 is 1.88 bits per heavy atom. The first-order valence-electron chi connectivity index (χ1n) is 6.98. The Morgan fingerprint density at radius 3 is 2.52 bits per heavy atom. The van der Waals surface area contributed by atoms with Gasteiger partial charge in [0.05, 0.1) is 26.9 Å². The number of halogens is 2. The lowest BCUT2D eigenvalue weighted by Crippen LogP contribution is -1.94. The molecule has 6 nitrogen and oxygen atoms in total. The molecule has 1 heterocycles. The first-order valence-corrected chi connectivity index (χ1v) is 8.61. The van der Waals surface area contributed by atoms with Crippen molar-refractivity contribution < 1.29 is 4.92 Å². The van der Waals surface area contributed by atoms with Gasteiger partial charge in [-0.3, -0.25) is 15.5 Å². The van der Waals surface area contributed by atoms with E-state index in [9.17, 15) is 10.1 Å². The monoisotopic (exact) mass is 392 g/mol. The van der Waals surface area contributed by atoms with E-state index in [1.165, 1.54) is 29.7 Å². The maximum atomic E-state index is 10.8. The Balaban J connectivity index is 1.74. The summed E-state index contributed by atoms with van der Waals surface area (Å²) in [6, 6.07) is 12.2. The first-order chi connectivity index (χ1) is 12.0. The SMILES string of the molecule is O=[N+]([O-])c1cc(Cl)c(C=NNc2nc(-c3ccccc3)cs2)c(Cl)c1. The summed E-state index contributed by atoms with van der Waals surface area (Å²) >= 11 is 13.5. The van der Waals surface area contributed by atoms with Gasteiger partial charge in [-0.1, -0.05) is 53.5 Å². The molecular formula is C16H10Cl2N4O2S. The molecule has 25 heavy (non-hydrogen) atoms. The molecule has 0 unspecified atom stereocenters. The number of hydrazone groups is 1. The molecule has 0 aliphatic rings. The number of nitrogens with zero attached hydrogens (tertiary/aromatic N) is 3. The van der Waals surface area contributed by atoms with Crippen LogP contribution in [0.5, 0.6) is 0 Å². The lowest BCUT2D eigenvalue weighted by Gasteiger charge is -2.01. The van der Waals surface area contributed by atoms with E-state index in [2.05, 4.69) is 15.5 Å². The molecule has 0 aliphatic carbocycles. The Morgan fingerprint density at radius 1 is 1.20 bits per heavy atom. The van der Waals surface area contributed by atoms with Crippen molar-refractivity contribution in [3.05, 3.63) is 73.6 Å². The number of nitrogens with one attached hydrogen (secondary N) is 1. The molecule has 0 spiro atoms. The fourth-order valence-corrected chi connectivity index (χ4v) is 3.26. The molecular weight excluding hydrogens is 383 g/mol. The summed E-state index contributed by atoms with van der Waals surface area (Å²) in [6.45, 7) is 0. The van der Waals surface area contributed by atoms with Crippen molar-refractivity contribution in [1.29, 1.82) is 0 Å². The van der Waals surface area contributed by atoms with E-state index < -0.39 is 4.92 Å². The molecule has 0 fully saturated rings. The van der Waals surface area contributed by atoms with Crippen molar-refractivity contribution in [2.24, 2.45) is 5.10 Å². The summed E-state index contributed by atoms with van der Waals surface area (Å²) in [7, 11) is 0. The van der Waals surface area contributed by atoms with Crippen LogP contribution in [-0.4, -0.2) is 16.1 Å². The van der Waals surface area contributed by atoms with E-state index in [-0.39, 0.29) is 15.7 Å². The maximum Gasteiger partial charge on any atom is 0.272 e. The average molecular weight is 393 g/mol. The third-order valence-electron chi connectivity index (χ3n) is 3.20. The molecule has 0 amide bonds. The number of nitro groups is 1. The Labute approximate surface area is 156 Å². The van der Waals surface area contributed by atoms with E-state index in [0.29, 0.717) is 10.7 Å². The number of thiazole rings is 1. The highest BCUT2D eigenvalue weighted by Gasteiger charge is 2.13. The van der Waals surface area contributed by atoms with Crippen LogP contribution in [-0.2, 0) is 0 Å². The van der Waals surface area contributed by atoms with E-state index >= 15 is 0 Å². The number of hydrogen-bond donors (Lipinski definition) is 1. The van der Waals surface area contributed by atoms with E-state index in [4.69, 9.17) is 23.2 Å². The number of nitro benzene ring substituents is 1. The van der Waals surface area contributed by atoms with Crippen LogP contribution in [0.1, 0.15) is 5.56 Å². The number of aromatic nitrogens is 1. The molecule has 0 saturated carbocycles. The van der Waals surface area contributed by atoms with Crippen LogP contribution in [0.2, 0.25) is 10.0 Å². The summed E-state index contributed by atoms with van der Waals surface area (Å²) in [5.41, 5.74) is 4.87. The second-order valence-electron chi connectivity index (χ2n) is 4.85. The Kier molecular flexibility index (Phi) is 5.28. The number of rotatable bonds is 5. The van der Waals surface area contributed by atoms with Gasteiger partial charge in [-0.05, 0) is 0 Å². The van der Waals surface area contributed by atoms with Crippen LogP contribution in [0.15, 0.2) is 52.9 Å². The van der Waals surface area contributed by atoms with Crippen LogP contribution >= 0.6 is 34.5 Å². The fraction of sp³-hybridized carbons (Fsp3) is 0. The summed E-state index contributed by atoms with van der Waals surface area (Å²) in [5, 5.41) is 17.6. The quantitative estimate of drug-likeness (QED) is 0.354. The third kappa shape index (κ3) is 4.14. The summed E-state index contributed by atoms with van der Waals surface area (Å²) in [4.78, 5) is 14.6. The maximum absolute atomic E-state index is 10.8. The predicted octanol–water partition coefficient (Wildman–Crippen LogP) is 5.47. The standard InChI is InChI=1S/C16H10Cl2N4O2S/c17-13-6-11(22(23)24)7-14(18)12(13)8-19-21-16-20-15(9-25-16)10-4-2-1-3-5-10/h1-9H,(H,20,21). The largest absolute Gasteiger partial charge is 0.272 e.